The number of amides is 2. The van der Waals surface area contributed by atoms with Gasteiger partial charge in [-0.2, -0.15) is 0 Å². The maximum atomic E-state index is 12.1. The van der Waals surface area contributed by atoms with Gasteiger partial charge in [0.2, 0.25) is 5.91 Å². The lowest BCUT2D eigenvalue weighted by Crippen LogP contribution is -2.45. The Hall–Kier alpha value is -1.93. The second-order valence-electron chi connectivity index (χ2n) is 6.32. The molecule has 2 rings (SSSR count). The lowest BCUT2D eigenvalue weighted by molar-refractivity contribution is -0.117. The highest BCUT2D eigenvalue weighted by Crippen LogP contribution is 2.12. The summed E-state index contributed by atoms with van der Waals surface area (Å²) in [7, 11) is -3.26. The average molecular weight is 367 g/mol. The molecule has 1 aromatic carbocycles. The molecule has 2 amide bonds. The van der Waals surface area contributed by atoms with E-state index in [9.17, 15) is 18.0 Å². The van der Waals surface area contributed by atoms with Crippen molar-refractivity contribution in [3.8, 4) is 0 Å². The number of carbonyl (C=O) groups excluding carboxylic acids is 2. The maximum Gasteiger partial charge on any atom is 0.251 e. The van der Waals surface area contributed by atoms with Crippen LogP contribution in [0.15, 0.2) is 30.3 Å². The summed E-state index contributed by atoms with van der Waals surface area (Å²) in [4.78, 5) is 24.9. The summed E-state index contributed by atoms with van der Waals surface area (Å²) in [6.07, 6.45) is 1.45. The zero-order chi connectivity index (χ0) is 18.3. The molecule has 25 heavy (non-hydrogen) atoms. The predicted octanol–water partition coefficient (Wildman–Crippen LogP) is 0.171. The number of primary amides is 1. The first-order valence-corrected chi connectivity index (χ1v) is 10.2. The fourth-order valence-electron chi connectivity index (χ4n) is 2.79. The van der Waals surface area contributed by atoms with Crippen LogP contribution in [0, 0.1) is 0 Å². The lowest BCUT2D eigenvalue weighted by atomic mass is 10.0. The van der Waals surface area contributed by atoms with Crippen molar-refractivity contribution < 1.29 is 18.0 Å². The third kappa shape index (κ3) is 6.83. The van der Waals surface area contributed by atoms with Crippen LogP contribution in [0.25, 0.3) is 0 Å². The largest absolute Gasteiger partial charge is 0.370 e. The topological polar surface area (TPSA) is 110 Å². The molecule has 1 aromatic rings. The minimum Gasteiger partial charge on any atom is -0.370 e. The molecule has 8 heteroatoms. The Morgan fingerprint density at radius 1 is 1.12 bits per heavy atom. The van der Waals surface area contributed by atoms with Gasteiger partial charge in [-0.1, -0.05) is 18.2 Å². The van der Waals surface area contributed by atoms with Crippen molar-refractivity contribution in [1.29, 1.82) is 0 Å². The molecule has 0 atom stereocenters. The highest BCUT2D eigenvalue weighted by atomic mass is 32.2. The summed E-state index contributed by atoms with van der Waals surface area (Å²) in [6.45, 7) is 1.93. The van der Waals surface area contributed by atoms with E-state index in [2.05, 4.69) is 10.2 Å². The summed E-state index contributed by atoms with van der Waals surface area (Å²) in [5, 5.41) is 3.03. The summed E-state index contributed by atoms with van der Waals surface area (Å²) < 4.78 is 23.7. The third-order valence-electron chi connectivity index (χ3n) is 4.34. The molecule has 7 nitrogen and oxygen atoms in total. The summed E-state index contributed by atoms with van der Waals surface area (Å²) in [5.41, 5.74) is 5.63. The molecule has 1 aliphatic rings. The molecule has 138 valence electrons. The molecule has 1 heterocycles. The van der Waals surface area contributed by atoms with Gasteiger partial charge in [0.15, 0.2) is 9.84 Å². The Kier molecular flexibility index (Phi) is 6.95. The van der Waals surface area contributed by atoms with Crippen molar-refractivity contribution >= 4 is 21.7 Å². The zero-order valence-corrected chi connectivity index (χ0v) is 15.0. The maximum absolute atomic E-state index is 12.1. The molecular weight excluding hydrogens is 342 g/mol. The van der Waals surface area contributed by atoms with Crippen LogP contribution < -0.4 is 11.1 Å². The summed E-state index contributed by atoms with van der Waals surface area (Å²) in [5.74, 6) is -0.834. The number of nitrogens with two attached hydrogens (primary N) is 1. The van der Waals surface area contributed by atoms with E-state index < -0.39 is 15.7 Å². The van der Waals surface area contributed by atoms with Crippen LogP contribution in [-0.4, -0.2) is 62.3 Å². The zero-order valence-electron chi connectivity index (χ0n) is 14.2. The average Bonchev–Trinajstić information content (AvgIpc) is 2.60. The Balaban J connectivity index is 1.71. The number of nitrogens with zero attached hydrogens (tertiary/aromatic N) is 1. The van der Waals surface area contributed by atoms with E-state index in [0.29, 0.717) is 12.1 Å². The van der Waals surface area contributed by atoms with Crippen molar-refractivity contribution in [3.63, 3.8) is 0 Å². The minimum atomic E-state index is -3.26. The van der Waals surface area contributed by atoms with E-state index in [4.69, 9.17) is 5.73 Å². The van der Waals surface area contributed by atoms with E-state index in [0.717, 1.165) is 25.9 Å². The summed E-state index contributed by atoms with van der Waals surface area (Å²) in [6, 6.07) is 9.19. The number of hydrogen-bond donors (Lipinski definition) is 2. The van der Waals surface area contributed by atoms with Gasteiger partial charge in [0.25, 0.3) is 5.91 Å². The van der Waals surface area contributed by atoms with Gasteiger partial charge in [-0.05, 0) is 25.0 Å². The third-order valence-corrected chi connectivity index (χ3v) is 5.97. The van der Waals surface area contributed by atoms with Crippen LogP contribution >= 0.6 is 0 Å². The number of likely N-dealkylation sites (tertiary alicyclic amines) is 1. The monoisotopic (exact) mass is 367 g/mol. The molecule has 0 radical (unpaired) electrons. The Labute approximate surface area is 148 Å². The van der Waals surface area contributed by atoms with Crippen LogP contribution in [0.3, 0.4) is 0 Å². The van der Waals surface area contributed by atoms with E-state index in [1.54, 1.807) is 12.1 Å². The van der Waals surface area contributed by atoms with Crippen molar-refractivity contribution in [1.82, 2.24) is 10.2 Å². The van der Waals surface area contributed by atoms with E-state index in [-0.39, 0.29) is 29.9 Å². The molecular formula is C17H25N3O4S. The first-order valence-electron chi connectivity index (χ1n) is 8.43. The Bertz CT molecular complexity index is 683. The van der Waals surface area contributed by atoms with Crippen molar-refractivity contribution in [2.45, 2.75) is 25.3 Å². The van der Waals surface area contributed by atoms with Crippen LogP contribution in [-0.2, 0) is 14.6 Å². The minimum absolute atomic E-state index is 0.0291. The van der Waals surface area contributed by atoms with E-state index in [1.807, 2.05) is 18.2 Å². The van der Waals surface area contributed by atoms with Crippen molar-refractivity contribution in [3.05, 3.63) is 35.9 Å². The van der Waals surface area contributed by atoms with Crippen LogP contribution in [0.4, 0.5) is 0 Å². The van der Waals surface area contributed by atoms with Crippen LogP contribution in [0.1, 0.15) is 29.6 Å². The molecule has 0 unspecified atom stereocenters. The van der Waals surface area contributed by atoms with Crippen LogP contribution in [0.5, 0.6) is 0 Å². The molecule has 1 aliphatic heterocycles. The molecule has 0 spiro atoms. The lowest BCUT2D eigenvalue weighted by Gasteiger charge is -2.32. The number of nitrogens with one attached hydrogen (secondary N) is 1. The van der Waals surface area contributed by atoms with Gasteiger partial charge in [-0.15, -0.1) is 0 Å². The number of rotatable bonds is 8. The van der Waals surface area contributed by atoms with E-state index in [1.165, 1.54) is 0 Å². The Morgan fingerprint density at radius 2 is 1.76 bits per heavy atom. The highest BCUT2D eigenvalue weighted by molar-refractivity contribution is 7.91. The SMILES string of the molecule is NC(=O)CCS(=O)(=O)CCN1CCC(NC(=O)c2ccccc2)CC1. The summed E-state index contributed by atoms with van der Waals surface area (Å²) >= 11 is 0. The van der Waals surface area contributed by atoms with Gasteiger partial charge in [0.05, 0.1) is 11.5 Å². The second kappa shape index (κ2) is 8.96. The van der Waals surface area contributed by atoms with Gasteiger partial charge in [0.1, 0.15) is 0 Å². The van der Waals surface area contributed by atoms with E-state index >= 15 is 0 Å². The molecule has 3 N–H and O–H groups in total. The molecule has 0 aromatic heterocycles. The molecule has 1 saturated heterocycles. The van der Waals surface area contributed by atoms with Gasteiger partial charge in [-0.25, -0.2) is 8.42 Å². The number of hydrogen-bond acceptors (Lipinski definition) is 5. The first kappa shape index (κ1) is 19.4. The second-order valence-corrected chi connectivity index (χ2v) is 8.63. The highest BCUT2D eigenvalue weighted by Gasteiger charge is 2.22. The molecule has 1 fully saturated rings. The quantitative estimate of drug-likeness (QED) is 0.681. The van der Waals surface area contributed by atoms with Gasteiger partial charge in [-0.3, -0.25) is 9.59 Å². The van der Waals surface area contributed by atoms with Gasteiger partial charge < -0.3 is 16.0 Å². The van der Waals surface area contributed by atoms with Gasteiger partial charge in [0, 0.05) is 37.7 Å². The van der Waals surface area contributed by atoms with Crippen molar-refractivity contribution in [2.75, 3.05) is 31.1 Å². The van der Waals surface area contributed by atoms with Crippen molar-refractivity contribution in [2.24, 2.45) is 5.73 Å². The number of sulfone groups is 1. The van der Waals surface area contributed by atoms with Crippen LogP contribution in [0.2, 0.25) is 0 Å². The molecule has 0 bridgehead atoms. The fraction of sp³-hybridized carbons (Fsp3) is 0.529. The van der Waals surface area contributed by atoms with Gasteiger partial charge >= 0.3 is 0 Å². The number of benzene rings is 1. The smallest absolute Gasteiger partial charge is 0.251 e. The standard InChI is InChI=1S/C17H25N3O4S/c18-16(21)8-12-25(23,24)13-11-20-9-6-15(7-10-20)19-17(22)14-4-2-1-3-5-14/h1-5,15H,6-13H2,(H2,18,21)(H,19,22). The number of carbonyl (C=O) groups is 2. The Morgan fingerprint density at radius 3 is 2.36 bits per heavy atom. The fourth-order valence-corrected chi connectivity index (χ4v) is 4.04. The molecule has 0 saturated carbocycles. The normalized spacial score (nSPS) is 16.5. The molecule has 0 aliphatic carbocycles. The first-order chi connectivity index (χ1) is 11.9. The number of piperidine rings is 1. The predicted molar refractivity (Wildman–Crippen MR) is 95.8 cm³/mol.